The highest BCUT2D eigenvalue weighted by atomic mass is 32.2. The monoisotopic (exact) mass is 287 g/mol. The standard InChI is InChI=1S/C16H21N3S/c1-11-6-5-7-12(8-11)20-10-15-18-13(16(2,3)4)9-14(17)19-15/h5-9H,10H2,1-4H3,(H2,17,18,19). The molecule has 0 saturated heterocycles. The lowest BCUT2D eigenvalue weighted by atomic mass is 9.92. The van der Waals surface area contributed by atoms with Crippen LogP contribution in [-0.2, 0) is 11.2 Å². The first-order valence-corrected chi connectivity index (χ1v) is 7.66. The van der Waals surface area contributed by atoms with Crippen LogP contribution in [0, 0.1) is 6.92 Å². The van der Waals surface area contributed by atoms with Crippen LogP contribution in [0.4, 0.5) is 5.82 Å². The van der Waals surface area contributed by atoms with Gasteiger partial charge in [-0.25, -0.2) is 9.97 Å². The highest BCUT2D eigenvalue weighted by molar-refractivity contribution is 7.98. The van der Waals surface area contributed by atoms with Crippen molar-refractivity contribution >= 4 is 17.6 Å². The topological polar surface area (TPSA) is 51.8 Å². The third kappa shape index (κ3) is 3.97. The van der Waals surface area contributed by atoms with Gasteiger partial charge in [-0.05, 0) is 19.1 Å². The number of benzene rings is 1. The number of hydrogen-bond donors (Lipinski definition) is 1. The molecule has 0 atom stereocenters. The fourth-order valence-corrected chi connectivity index (χ4v) is 2.69. The summed E-state index contributed by atoms with van der Waals surface area (Å²) in [6, 6.07) is 10.3. The molecule has 0 radical (unpaired) electrons. The Morgan fingerprint density at radius 3 is 2.55 bits per heavy atom. The maximum atomic E-state index is 5.89. The van der Waals surface area contributed by atoms with E-state index in [4.69, 9.17) is 5.73 Å². The van der Waals surface area contributed by atoms with Crippen molar-refractivity contribution in [3.8, 4) is 0 Å². The molecule has 0 bridgehead atoms. The van der Waals surface area contributed by atoms with E-state index in [0.717, 1.165) is 17.3 Å². The molecule has 1 aromatic heterocycles. The van der Waals surface area contributed by atoms with Gasteiger partial charge in [0.25, 0.3) is 0 Å². The van der Waals surface area contributed by atoms with E-state index in [1.165, 1.54) is 10.5 Å². The summed E-state index contributed by atoms with van der Waals surface area (Å²) in [5.41, 5.74) is 8.13. The van der Waals surface area contributed by atoms with Crippen LogP contribution in [0.3, 0.4) is 0 Å². The number of anilines is 1. The fraction of sp³-hybridized carbons (Fsp3) is 0.375. The van der Waals surface area contributed by atoms with Gasteiger partial charge < -0.3 is 5.73 Å². The lowest BCUT2D eigenvalue weighted by Crippen LogP contribution is -2.16. The molecule has 0 saturated carbocycles. The molecule has 0 amide bonds. The minimum absolute atomic E-state index is 0.0141. The van der Waals surface area contributed by atoms with Gasteiger partial charge in [0.05, 0.1) is 11.4 Å². The molecule has 0 spiro atoms. The molecule has 0 unspecified atom stereocenters. The first-order chi connectivity index (χ1) is 9.34. The molecule has 3 nitrogen and oxygen atoms in total. The molecule has 0 aliphatic rings. The summed E-state index contributed by atoms with van der Waals surface area (Å²) in [6.45, 7) is 8.49. The highest BCUT2D eigenvalue weighted by Crippen LogP contribution is 2.25. The first-order valence-electron chi connectivity index (χ1n) is 6.68. The Morgan fingerprint density at radius 1 is 1.15 bits per heavy atom. The Balaban J connectivity index is 2.16. The second-order valence-corrected chi connectivity index (χ2v) is 7.00. The molecule has 106 valence electrons. The molecule has 2 N–H and O–H groups in total. The van der Waals surface area contributed by atoms with Gasteiger partial charge in [-0.1, -0.05) is 38.5 Å². The van der Waals surface area contributed by atoms with E-state index in [-0.39, 0.29) is 5.41 Å². The zero-order valence-electron chi connectivity index (χ0n) is 12.5. The lowest BCUT2D eigenvalue weighted by Gasteiger charge is -2.18. The Morgan fingerprint density at radius 2 is 1.90 bits per heavy atom. The molecule has 2 rings (SSSR count). The average Bonchev–Trinajstić information content (AvgIpc) is 2.35. The summed E-state index contributed by atoms with van der Waals surface area (Å²) >= 11 is 1.74. The average molecular weight is 287 g/mol. The van der Waals surface area contributed by atoms with Crippen LogP contribution in [-0.4, -0.2) is 9.97 Å². The highest BCUT2D eigenvalue weighted by Gasteiger charge is 2.17. The van der Waals surface area contributed by atoms with Gasteiger partial charge in [-0.15, -0.1) is 11.8 Å². The van der Waals surface area contributed by atoms with Gasteiger partial charge in [0.15, 0.2) is 0 Å². The third-order valence-corrected chi connectivity index (χ3v) is 3.91. The van der Waals surface area contributed by atoms with Gasteiger partial charge in [0.1, 0.15) is 11.6 Å². The van der Waals surface area contributed by atoms with E-state index in [9.17, 15) is 0 Å². The number of nitrogens with two attached hydrogens (primary N) is 1. The van der Waals surface area contributed by atoms with Crippen molar-refractivity contribution < 1.29 is 0 Å². The summed E-state index contributed by atoms with van der Waals surface area (Å²) in [5.74, 6) is 2.07. The molecule has 0 aliphatic heterocycles. The minimum atomic E-state index is -0.0141. The van der Waals surface area contributed by atoms with Crippen molar-refractivity contribution in [2.24, 2.45) is 0 Å². The van der Waals surface area contributed by atoms with Gasteiger partial charge in [0, 0.05) is 16.4 Å². The third-order valence-electron chi connectivity index (χ3n) is 2.92. The maximum absolute atomic E-state index is 5.89. The number of nitrogens with zero attached hydrogens (tertiary/aromatic N) is 2. The van der Waals surface area contributed by atoms with Crippen molar-refractivity contribution in [3.05, 3.63) is 47.4 Å². The summed E-state index contributed by atoms with van der Waals surface area (Å²) in [4.78, 5) is 10.2. The number of thioether (sulfide) groups is 1. The fourth-order valence-electron chi connectivity index (χ4n) is 1.82. The molecule has 4 heteroatoms. The van der Waals surface area contributed by atoms with Crippen LogP contribution in [0.2, 0.25) is 0 Å². The van der Waals surface area contributed by atoms with E-state index >= 15 is 0 Å². The predicted molar refractivity (Wildman–Crippen MR) is 85.9 cm³/mol. The first kappa shape index (κ1) is 14.9. The van der Waals surface area contributed by atoms with Gasteiger partial charge in [0.2, 0.25) is 0 Å². The Bertz CT molecular complexity index is 603. The van der Waals surface area contributed by atoms with Crippen molar-refractivity contribution in [1.29, 1.82) is 0 Å². The maximum Gasteiger partial charge on any atom is 0.141 e. The van der Waals surface area contributed by atoms with E-state index in [1.54, 1.807) is 11.8 Å². The molecule has 1 aromatic carbocycles. The van der Waals surface area contributed by atoms with Crippen LogP contribution in [0.5, 0.6) is 0 Å². The smallest absolute Gasteiger partial charge is 0.141 e. The SMILES string of the molecule is Cc1cccc(SCc2nc(N)cc(C(C)(C)C)n2)c1. The van der Waals surface area contributed by atoms with Crippen LogP contribution in [0.15, 0.2) is 35.2 Å². The molecule has 2 aromatic rings. The molecule has 20 heavy (non-hydrogen) atoms. The molecular formula is C16H21N3S. The number of nitrogen functional groups attached to an aromatic ring is 1. The summed E-state index contributed by atoms with van der Waals surface area (Å²) in [5, 5.41) is 0. The zero-order valence-corrected chi connectivity index (χ0v) is 13.3. The quantitative estimate of drug-likeness (QED) is 0.868. The summed E-state index contributed by atoms with van der Waals surface area (Å²) in [7, 11) is 0. The van der Waals surface area contributed by atoms with Crippen molar-refractivity contribution in [1.82, 2.24) is 9.97 Å². The van der Waals surface area contributed by atoms with Crippen molar-refractivity contribution in [2.75, 3.05) is 5.73 Å². The van der Waals surface area contributed by atoms with E-state index in [2.05, 4.69) is 61.9 Å². The summed E-state index contributed by atoms with van der Waals surface area (Å²) < 4.78 is 0. The van der Waals surface area contributed by atoms with Crippen LogP contribution >= 0.6 is 11.8 Å². The molecule has 0 aliphatic carbocycles. The van der Waals surface area contributed by atoms with E-state index in [1.807, 2.05) is 6.07 Å². The normalized spacial score (nSPS) is 11.6. The van der Waals surface area contributed by atoms with Gasteiger partial charge in [-0.2, -0.15) is 0 Å². The predicted octanol–water partition coefficient (Wildman–Crippen LogP) is 3.96. The van der Waals surface area contributed by atoms with Crippen molar-refractivity contribution in [2.45, 2.75) is 43.8 Å². The summed E-state index contributed by atoms with van der Waals surface area (Å²) in [6.07, 6.45) is 0. The van der Waals surface area contributed by atoms with Crippen LogP contribution in [0.1, 0.15) is 37.9 Å². The van der Waals surface area contributed by atoms with Gasteiger partial charge >= 0.3 is 0 Å². The van der Waals surface area contributed by atoms with Crippen molar-refractivity contribution in [3.63, 3.8) is 0 Å². The molecule has 0 fully saturated rings. The zero-order chi connectivity index (χ0) is 14.8. The number of aromatic nitrogens is 2. The lowest BCUT2D eigenvalue weighted by molar-refractivity contribution is 0.564. The van der Waals surface area contributed by atoms with Crippen LogP contribution in [0.25, 0.3) is 0 Å². The Hall–Kier alpha value is -1.55. The van der Waals surface area contributed by atoms with E-state index < -0.39 is 0 Å². The largest absolute Gasteiger partial charge is 0.384 e. The Kier molecular flexibility index (Phi) is 4.33. The second kappa shape index (κ2) is 5.83. The second-order valence-electron chi connectivity index (χ2n) is 5.95. The number of hydrogen-bond acceptors (Lipinski definition) is 4. The molecule has 1 heterocycles. The number of rotatable bonds is 3. The van der Waals surface area contributed by atoms with Crippen LogP contribution < -0.4 is 5.73 Å². The minimum Gasteiger partial charge on any atom is -0.384 e. The van der Waals surface area contributed by atoms with E-state index in [0.29, 0.717) is 5.82 Å². The molecular weight excluding hydrogens is 266 g/mol. The number of aryl methyl sites for hydroxylation is 1. The Labute approximate surface area is 125 Å². The van der Waals surface area contributed by atoms with Gasteiger partial charge in [-0.3, -0.25) is 0 Å².